The van der Waals surface area contributed by atoms with Crippen molar-refractivity contribution in [2.24, 2.45) is 0 Å². The molecular formula is C19H21NO6. The monoisotopic (exact) mass is 359 g/mol. The van der Waals surface area contributed by atoms with Crippen LogP contribution in [0.4, 0.5) is 5.69 Å². The van der Waals surface area contributed by atoms with Gasteiger partial charge in [0, 0.05) is 11.3 Å². The zero-order valence-electron chi connectivity index (χ0n) is 14.9. The van der Waals surface area contributed by atoms with Crippen LogP contribution in [-0.4, -0.2) is 39.3 Å². The van der Waals surface area contributed by atoms with Gasteiger partial charge in [-0.1, -0.05) is 0 Å². The second-order valence-electron chi connectivity index (χ2n) is 5.14. The number of nitrogens with one attached hydrogen (secondary N) is 1. The van der Waals surface area contributed by atoms with Crippen LogP contribution in [0.2, 0.25) is 0 Å². The Labute approximate surface area is 151 Å². The van der Waals surface area contributed by atoms with Gasteiger partial charge >= 0.3 is 5.97 Å². The Bertz CT molecular complexity index is 757. The van der Waals surface area contributed by atoms with E-state index in [1.165, 1.54) is 14.2 Å². The SMILES string of the molecule is CCOc1ccc(C(=O)Nc2ccc(OCC(=O)OC)cc2)cc1OC. The molecule has 0 heterocycles. The quantitative estimate of drug-likeness (QED) is 0.730. The summed E-state index contributed by atoms with van der Waals surface area (Å²) in [5.74, 6) is 0.822. The molecule has 0 bridgehead atoms. The van der Waals surface area contributed by atoms with Crippen LogP contribution in [0, 0.1) is 0 Å². The highest BCUT2D eigenvalue weighted by Crippen LogP contribution is 2.28. The summed E-state index contributed by atoms with van der Waals surface area (Å²) in [4.78, 5) is 23.4. The van der Waals surface area contributed by atoms with Crippen LogP contribution in [0.25, 0.3) is 0 Å². The molecule has 0 aliphatic rings. The lowest BCUT2D eigenvalue weighted by Crippen LogP contribution is -2.13. The summed E-state index contributed by atoms with van der Waals surface area (Å²) in [5, 5.41) is 2.78. The third-order valence-electron chi connectivity index (χ3n) is 3.42. The van der Waals surface area contributed by atoms with E-state index in [4.69, 9.17) is 14.2 Å². The number of carbonyl (C=O) groups excluding carboxylic acids is 2. The summed E-state index contributed by atoms with van der Waals surface area (Å²) < 4.78 is 20.4. The molecule has 0 aromatic heterocycles. The number of esters is 1. The van der Waals surface area contributed by atoms with Gasteiger partial charge in [0.15, 0.2) is 18.1 Å². The Balaban J connectivity index is 2.02. The first kappa shape index (κ1) is 19.1. The Morgan fingerprint density at radius 2 is 1.69 bits per heavy atom. The summed E-state index contributed by atoms with van der Waals surface area (Å²) >= 11 is 0. The van der Waals surface area contributed by atoms with Crippen LogP contribution in [0.3, 0.4) is 0 Å². The first-order valence-electron chi connectivity index (χ1n) is 7.99. The molecular weight excluding hydrogens is 338 g/mol. The van der Waals surface area contributed by atoms with E-state index in [1.807, 2.05) is 6.92 Å². The molecule has 0 saturated carbocycles. The van der Waals surface area contributed by atoms with Crippen molar-refractivity contribution in [1.82, 2.24) is 0 Å². The molecule has 138 valence electrons. The molecule has 7 nitrogen and oxygen atoms in total. The molecule has 0 aliphatic heterocycles. The van der Waals surface area contributed by atoms with Gasteiger partial charge in [0.1, 0.15) is 5.75 Å². The largest absolute Gasteiger partial charge is 0.493 e. The fourth-order valence-corrected chi connectivity index (χ4v) is 2.12. The number of anilines is 1. The van der Waals surface area contributed by atoms with Crippen LogP contribution < -0.4 is 19.5 Å². The van der Waals surface area contributed by atoms with E-state index >= 15 is 0 Å². The molecule has 26 heavy (non-hydrogen) atoms. The maximum absolute atomic E-state index is 12.4. The Morgan fingerprint density at radius 1 is 0.962 bits per heavy atom. The highest BCUT2D eigenvalue weighted by Gasteiger charge is 2.11. The van der Waals surface area contributed by atoms with E-state index in [2.05, 4.69) is 10.1 Å². The summed E-state index contributed by atoms with van der Waals surface area (Å²) in [6.45, 7) is 2.21. The lowest BCUT2D eigenvalue weighted by atomic mass is 10.2. The fraction of sp³-hybridized carbons (Fsp3) is 0.263. The van der Waals surface area contributed by atoms with E-state index in [-0.39, 0.29) is 12.5 Å². The first-order valence-corrected chi connectivity index (χ1v) is 7.99. The number of ether oxygens (including phenoxy) is 4. The minimum absolute atomic E-state index is 0.172. The molecule has 2 rings (SSSR count). The second kappa shape index (κ2) is 9.31. The summed E-state index contributed by atoms with van der Waals surface area (Å²) in [5.41, 5.74) is 1.03. The van der Waals surface area contributed by atoms with Gasteiger partial charge in [-0.25, -0.2) is 4.79 Å². The highest BCUT2D eigenvalue weighted by atomic mass is 16.6. The van der Waals surface area contributed by atoms with Gasteiger partial charge < -0.3 is 24.3 Å². The molecule has 0 saturated heterocycles. The molecule has 1 amide bonds. The standard InChI is InChI=1S/C19H21NO6/c1-4-25-16-10-5-13(11-17(16)23-2)19(22)20-14-6-8-15(9-7-14)26-12-18(21)24-3/h5-11H,4,12H2,1-3H3,(H,20,22). The molecule has 0 unspecified atom stereocenters. The molecule has 0 spiro atoms. The maximum Gasteiger partial charge on any atom is 0.343 e. The minimum Gasteiger partial charge on any atom is -0.493 e. The van der Waals surface area contributed by atoms with E-state index in [0.717, 1.165) is 0 Å². The number of amides is 1. The van der Waals surface area contributed by atoms with E-state index in [1.54, 1.807) is 42.5 Å². The number of benzene rings is 2. The zero-order valence-corrected chi connectivity index (χ0v) is 14.9. The van der Waals surface area contributed by atoms with Crippen LogP contribution in [0.1, 0.15) is 17.3 Å². The lowest BCUT2D eigenvalue weighted by Gasteiger charge is -2.11. The predicted octanol–water partition coefficient (Wildman–Crippen LogP) is 2.90. The molecule has 0 atom stereocenters. The van der Waals surface area contributed by atoms with Gasteiger partial charge in [-0.2, -0.15) is 0 Å². The lowest BCUT2D eigenvalue weighted by molar-refractivity contribution is -0.142. The van der Waals surface area contributed by atoms with Crippen molar-refractivity contribution in [3.8, 4) is 17.2 Å². The Kier molecular flexibility index (Phi) is 6.84. The summed E-state index contributed by atoms with van der Waals surface area (Å²) in [7, 11) is 2.81. The molecule has 0 radical (unpaired) electrons. The molecule has 1 N–H and O–H groups in total. The van der Waals surface area contributed by atoms with Gasteiger partial charge in [0.05, 0.1) is 20.8 Å². The van der Waals surface area contributed by atoms with Crippen molar-refractivity contribution >= 4 is 17.6 Å². The molecule has 7 heteroatoms. The smallest absolute Gasteiger partial charge is 0.343 e. The third-order valence-corrected chi connectivity index (χ3v) is 3.42. The normalized spacial score (nSPS) is 9.96. The predicted molar refractivity (Wildman–Crippen MR) is 96.1 cm³/mol. The highest BCUT2D eigenvalue weighted by molar-refractivity contribution is 6.04. The van der Waals surface area contributed by atoms with E-state index in [9.17, 15) is 9.59 Å². The first-order chi connectivity index (χ1) is 12.6. The van der Waals surface area contributed by atoms with Gasteiger partial charge in [0.25, 0.3) is 5.91 Å². The molecule has 0 fully saturated rings. The number of carbonyl (C=O) groups is 2. The Hall–Kier alpha value is -3.22. The average Bonchev–Trinajstić information content (AvgIpc) is 2.67. The number of methoxy groups -OCH3 is 2. The van der Waals surface area contributed by atoms with Crippen molar-refractivity contribution in [3.63, 3.8) is 0 Å². The van der Waals surface area contributed by atoms with Gasteiger partial charge in [0.2, 0.25) is 0 Å². The van der Waals surface area contributed by atoms with Gasteiger partial charge in [-0.15, -0.1) is 0 Å². The van der Waals surface area contributed by atoms with E-state index < -0.39 is 5.97 Å². The van der Waals surface area contributed by atoms with Gasteiger partial charge in [-0.3, -0.25) is 4.79 Å². The van der Waals surface area contributed by atoms with Gasteiger partial charge in [-0.05, 0) is 49.4 Å². The number of hydrogen-bond donors (Lipinski definition) is 1. The van der Waals surface area contributed by atoms with Crippen molar-refractivity contribution in [2.45, 2.75) is 6.92 Å². The summed E-state index contributed by atoms with van der Waals surface area (Å²) in [6, 6.07) is 11.6. The van der Waals surface area contributed by atoms with Crippen LogP contribution in [0.15, 0.2) is 42.5 Å². The number of hydrogen-bond acceptors (Lipinski definition) is 6. The molecule has 2 aromatic carbocycles. The fourth-order valence-electron chi connectivity index (χ4n) is 2.12. The van der Waals surface area contributed by atoms with Crippen molar-refractivity contribution in [1.29, 1.82) is 0 Å². The molecule has 0 aliphatic carbocycles. The number of rotatable bonds is 8. The maximum atomic E-state index is 12.4. The van der Waals surface area contributed by atoms with Crippen molar-refractivity contribution in [2.75, 3.05) is 32.8 Å². The van der Waals surface area contributed by atoms with Crippen molar-refractivity contribution in [3.05, 3.63) is 48.0 Å². The van der Waals surface area contributed by atoms with Crippen LogP contribution in [0.5, 0.6) is 17.2 Å². The third kappa shape index (κ3) is 5.14. The van der Waals surface area contributed by atoms with E-state index in [0.29, 0.717) is 35.1 Å². The van der Waals surface area contributed by atoms with Crippen molar-refractivity contribution < 1.29 is 28.5 Å². The topological polar surface area (TPSA) is 83.1 Å². The van der Waals surface area contributed by atoms with Crippen LogP contribution in [-0.2, 0) is 9.53 Å². The minimum atomic E-state index is -0.466. The van der Waals surface area contributed by atoms with Crippen LogP contribution >= 0.6 is 0 Å². The zero-order chi connectivity index (χ0) is 18.9. The summed E-state index contributed by atoms with van der Waals surface area (Å²) in [6.07, 6.45) is 0. The average molecular weight is 359 g/mol. The Morgan fingerprint density at radius 3 is 2.31 bits per heavy atom. The second-order valence-corrected chi connectivity index (χ2v) is 5.14. The molecule has 2 aromatic rings.